The molecule has 4 aromatic heterocycles. The zero-order chi connectivity index (χ0) is 37.0. The molecule has 7 aromatic carbocycles. The lowest BCUT2D eigenvalue weighted by Crippen LogP contribution is -2.02. The quantitative estimate of drug-likeness (QED) is 0.171. The van der Waals surface area contributed by atoms with E-state index in [1.165, 1.54) is 5.39 Å². The van der Waals surface area contributed by atoms with Gasteiger partial charge in [0.25, 0.3) is 0 Å². The summed E-state index contributed by atoms with van der Waals surface area (Å²) in [5.41, 5.74) is 11.3. The minimum atomic E-state index is 0.546. The third kappa shape index (κ3) is 5.27. The van der Waals surface area contributed by atoms with Gasteiger partial charge in [-0.25, -0.2) is 15.0 Å². The van der Waals surface area contributed by atoms with E-state index in [1.54, 1.807) is 0 Å². The predicted molar refractivity (Wildman–Crippen MR) is 226 cm³/mol. The lowest BCUT2D eigenvalue weighted by molar-refractivity contribution is 0.671. The molecule has 0 unspecified atom stereocenters. The second-order valence-corrected chi connectivity index (χ2v) is 13.9. The largest absolute Gasteiger partial charge is 0.454 e. The number of aromatic nitrogens is 5. The molecular formula is C50H31N5O. The van der Waals surface area contributed by atoms with Crippen molar-refractivity contribution in [3.05, 3.63) is 188 Å². The van der Waals surface area contributed by atoms with E-state index < -0.39 is 0 Å². The van der Waals surface area contributed by atoms with E-state index in [-0.39, 0.29) is 0 Å². The molecule has 11 rings (SSSR count). The van der Waals surface area contributed by atoms with Gasteiger partial charge < -0.3 is 8.98 Å². The van der Waals surface area contributed by atoms with Gasteiger partial charge in [0, 0.05) is 61.2 Å². The van der Waals surface area contributed by atoms with Gasteiger partial charge in [-0.2, -0.15) is 0 Å². The highest BCUT2D eigenvalue weighted by Crippen LogP contribution is 2.42. The Hall–Kier alpha value is -7.70. The lowest BCUT2D eigenvalue weighted by atomic mass is 9.98. The van der Waals surface area contributed by atoms with Crippen molar-refractivity contribution in [1.29, 1.82) is 0 Å². The first kappa shape index (κ1) is 31.8. The molecule has 0 N–H and O–H groups in total. The summed E-state index contributed by atoms with van der Waals surface area (Å²) in [6, 6.07) is 62.3. The van der Waals surface area contributed by atoms with Crippen LogP contribution in [0.5, 0.6) is 0 Å². The maximum atomic E-state index is 6.80. The average molecular weight is 718 g/mol. The van der Waals surface area contributed by atoms with Crippen molar-refractivity contribution >= 4 is 43.7 Å². The molecule has 6 heteroatoms. The molecule has 4 heterocycles. The van der Waals surface area contributed by atoms with Gasteiger partial charge >= 0.3 is 0 Å². The highest BCUT2D eigenvalue weighted by molar-refractivity contribution is 6.21. The number of fused-ring (bicyclic) bond motifs is 7. The highest BCUT2D eigenvalue weighted by Gasteiger charge is 2.22. The summed E-state index contributed by atoms with van der Waals surface area (Å²) in [6.45, 7) is 0. The summed E-state index contributed by atoms with van der Waals surface area (Å²) in [4.78, 5) is 20.4. The Morgan fingerprint density at radius 3 is 1.70 bits per heavy atom. The van der Waals surface area contributed by atoms with Gasteiger partial charge in [0.1, 0.15) is 5.58 Å². The Morgan fingerprint density at radius 1 is 0.411 bits per heavy atom. The van der Waals surface area contributed by atoms with E-state index in [0.717, 1.165) is 83.1 Å². The topological polar surface area (TPSA) is 69.6 Å². The van der Waals surface area contributed by atoms with Gasteiger partial charge in [0.2, 0.25) is 0 Å². The van der Waals surface area contributed by atoms with Gasteiger partial charge in [-0.05, 0) is 54.1 Å². The molecule has 262 valence electrons. The maximum Gasteiger partial charge on any atom is 0.166 e. The number of hydrogen-bond acceptors (Lipinski definition) is 5. The van der Waals surface area contributed by atoms with E-state index in [2.05, 4.69) is 102 Å². The first-order valence-electron chi connectivity index (χ1n) is 18.6. The highest BCUT2D eigenvalue weighted by atomic mass is 16.3. The molecule has 0 saturated heterocycles. The van der Waals surface area contributed by atoms with E-state index >= 15 is 0 Å². The molecule has 0 amide bonds. The Morgan fingerprint density at radius 2 is 1.00 bits per heavy atom. The molecule has 56 heavy (non-hydrogen) atoms. The summed E-state index contributed by atoms with van der Waals surface area (Å²) in [7, 11) is 0. The van der Waals surface area contributed by atoms with Crippen molar-refractivity contribution in [2.24, 2.45) is 0 Å². The van der Waals surface area contributed by atoms with E-state index in [9.17, 15) is 0 Å². The Balaban J connectivity index is 1.15. The average Bonchev–Trinajstić information content (AvgIpc) is 3.83. The van der Waals surface area contributed by atoms with Gasteiger partial charge in [0.15, 0.2) is 23.1 Å². The number of furan rings is 1. The minimum Gasteiger partial charge on any atom is -0.454 e. The van der Waals surface area contributed by atoms with Gasteiger partial charge in [-0.15, -0.1) is 0 Å². The van der Waals surface area contributed by atoms with E-state index in [0.29, 0.717) is 17.5 Å². The lowest BCUT2D eigenvalue weighted by Gasteiger charge is -2.13. The predicted octanol–water partition coefficient (Wildman–Crippen LogP) is 12.6. The molecule has 0 bridgehead atoms. The second-order valence-electron chi connectivity index (χ2n) is 13.9. The molecule has 0 spiro atoms. The summed E-state index contributed by atoms with van der Waals surface area (Å²) >= 11 is 0. The molecule has 0 saturated carbocycles. The minimum absolute atomic E-state index is 0.546. The molecule has 0 aliphatic carbocycles. The normalized spacial score (nSPS) is 11.6. The van der Waals surface area contributed by atoms with Crippen LogP contribution in [0.25, 0.3) is 106 Å². The van der Waals surface area contributed by atoms with Crippen LogP contribution in [0.15, 0.2) is 193 Å². The van der Waals surface area contributed by atoms with Crippen molar-refractivity contribution in [3.8, 4) is 62.2 Å². The fraction of sp³-hybridized carbons (Fsp3) is 0. The molecule has 11 aromatic rings. The first-order valence-corrected chi connectivity index (χ1v) is 18.6. The Kier molecular flexibility index (Phi) is 7.38. The SMILES string of the molecule is c1ccc(-c2cnc(-c3ccc4oc5c(ccc6c7ccccc7n(-c7ccccc7)c65)c4c3)c(-c3nc(-c4ccccc4)nc(-c4ccccc4)n3)c2)cc1. The van der Waals surface area contributed by atoms with Crippen LogP contribution in [0.2, 0.25) is 0 Å². The van der Waals surface area contributed by atoms with E-state index in [1.807, 2.05) is 91.1 Å². The van der Waals surface area contributed by atoms with Gasteiger partial charge in [-0.1, -0.05) is 133 Å². The smallest absolute Gasteiger partial charge is 0.166 e. The molecule has 0 aliphatic heterocycles. The van der Waals surface area contributed by atoms with Crippen LogP contribution < -0.4 is 0 Å². The van der Waals surface area contributed by atoms with E-state index in [4.69, 9.17) is 24.4 Å². The second kappa shape index (κ2) is 13.0. The summed E-state index contributed by atoms with van der Waals surface area (Å²) in [5, 5.41) is 4.38. The summed E-state index contributed by atoms with van der Waals surface area (Å²) < 4.78 is 9.11. The number of hydrogen-bond donors (Lipinski definition) is 0. The number of rotatable bonds is 6. The molecular weight excluding hydrogens is 687 g/mol. The monoisotopic (exact) mass is 717 g/mol. The fourth-order valence-electron chi connectivity index (χ4n) is 7.86. The van der Waals surface area contributed by atoms with Crippen molar-refractivity contribution in [3.63, 3.8) is 0 Å². The first-order chi connectivity index (χ1) is 27.8. The number of nitrogens with zero attached hydrogens (tertiary/aromatic N) is 5. The fourth-order valence-corrected chi connectivity index (χ4v) is 7.86. The van der Waals surface area contributed by atoms with Crippen LogP contribution in [0.3, 0.4) is 0 Å². The van der Waals surface area contributed by atoms with Crippen molar-refractivity contribution in [1.82, 2.24) is 24.5 Å². The van der Waals surface area contributed by atoms with Crippen molar-refractivity contribution < 1.29 is 4.42 Å². The maximum absolute atomic E-state index is 6.80. The summed E-state index contributed by atoms with van der Waals surface area (Å²) in [5.74, 6) is 1.74. The van der Waals surface area contributed by atoms with Crippen LogP contribution in [-0.2, 0) is 0 Å². The van der Waals surface area contributed by atoms with Crippen molar-refractivity contribution in [2.45, 2.75) is 0 Å². The van der Waals surface area contributed by atoms with Crippen LogP contribution in [0, 0.1) is 0 Å². The van der Waals surface area contributed by atoms with Crippen LogP contribution in [0.4, 0.5) is 0 Å². The van der Waals surface area contributed by atoms with Crippen molar-refractivity contribution in [2.75, 3.05) is 0 Å². The molecule has 0 aliphatic rings. The Bertz CT molecular complexity index is 3170. The summed E-state index contributed by atoms with van der Waals surface area (Å²) in [6.07, 6.45) is 1.94. The number of benzene rings is 7. The van der Waals surface area contributed by atoms with Gasteiger partial charge in [-0.3, -0.25) is 4.98 Å². The number of para-hydroxylation sites is 2. The Labute approximate surface area is 322 Å². The van der Waals surface area contributed by atoms with Crippen LogP contribution in [0.1, 0.15) is 0 Å². The standard InChI is InChI=1S/C50H31N5O/c1-5-15-32(16-6-1)36-30-42(50-53-48(33-17-7-2-8-18-33)52-49(54-50)34-19-9-3-10-20-34)45(51-31-36)35-25-28-44-41(29-35)40-27-26-39-38-23-13-14-24-43(38)55(46(39)47(40)56-44)37-21-11-4-12-22-37/h1-31H. The van der Waals surface area contributed by atoms with Crippen LogP contribution in [-0.4, -0.2) is 24.5 Å². The third-order valence-corrected chi connectivity index (χ3v) is 10.5. The number of pyridine rings is 1. The zero-order valence-corrected chi connectivity index (χ0v) is 30.0. The van der Waals surface area contributed by atoms with Crippen LogP contribution >= 0.6 is 0 Å². The molecule has 0 radical (unpaired) electrons. The molecule has 0 atom stereocenters. The molecule has 0 fully saturated rings. The zero-order valence-electron chi connectivity index (χ0n) is 30.0. The molecule has 6 nitrogen and oxygen atoms in total. The third-order valence-electron chi connectivity index (χ3n) is 10.5. The van der Waals surface area contributed by atoms with Gasteiger partial charge in [0.05, 0.1) is 16.7 Å².